The van der Waals surface area contributed by atoms with Crippen LogP contribution in [0.1, 0.15) is 18.2 Å². The Labute approximate surface area is 105 Å². The largest absolute Gasteiger partial charge is 0.468 e. The van der Waals surface area contributed by atoms with Crippen molar-refractivity contribution in [2.24, 2.45) is 0 Å². The summed E-state index contributed by atoms with van der Waals surface area (Å²) < 4.78 is 16.8. The van der Waals surface area contributed by atoms with Gasteiger partial charge in [0.1, 0.15) is 5.76 Å². The Kier molecular flexibility index (Phi) is 4.76. The van der Waals surface area contributed by atoms with Crippen LogP contribution in [0.2, 0.25) is 0 Å². The smallest absolute Gasteiger partial charge is 0.122 e. The van der Waals surface area contributed by atoms with Gasteiger partial charge in [0.2, 0.25) is 0 Å². The van der Waals surface area contributed by atoms with E-state index in [0.29, 0.717) is 0 Å². The zero-order valence-electron chi connectivity index (χ0n) is 10.3. The van der Waals surface area contributed by atoms with Crippen LogP contribution in [0.3, 0.4) is 0 Å². The second-order valence-electron chi connectivity index (χ2n) is 4.27. The Morgan fingerprint density at radius 1 is 1.47 bits per heavy atom. The topological polar surface area (TPSA) is 45.5 Å². The molecular weight excluding hydrogens is 236 g/mol. The molecule has 17 heavy (non-hydrogen) atoms. The van der Waals surface area contributed by atoms with Crippen molar-refractivity contribution in [1.29, 1.82) is 0 Å². The highest BCUT2D eigenvalue weighted by Crippen LogP contribution is 2.14. The number of furan rings is 1. The van der Waals surface area contributed by atoms with E-state index < -0.39 is 10.8 Å². The quantitative estimate of drug-likeness (QED) is 0.852. The zero-order chi connectivity index (χ0) is 12.1. The van der Waals surface area contributed by atoms with E-state index in [1.807, 2.05) is 6.07 Å². The second kappa shape index (κ2) is 6.33. The summed E-state index contributed by atoms with van der Waals surface area (Å²) in [5.41, 5.74) is 1.25. The summed E-state index contributed by atoms with van der Waals surface area (Å²) in [6, 6.07) is 2.04. The standard InChI is InChI=1S/C12H20N2O2S/c1-2-13-9-12-11(3-6-16-12)10-14-4-7-17(15)8-5-14/h3,6,13H,2,4-5,7-10H2,1H3. The molecule has 5 heteroatoms. The van der Waals surface area contributed by atoms with E-state index in [9.17, 15) is 4.21 Å². The summed E-state index contributed by atoms with van der Waals surface area (Å²) >= 11 is 0. The molecule has 1 fully saturated rings. The molecule has 0 saturated carbocycles. The SMILES string of the molecule is CCNCc1occc1CN1CCS(=O)CC1. The molecule has 96 valence electrons. The van der Waals surface area contributed by atoms with Gasteiger partial charge in [0.25, 0.3) is 0 Å². The Bertz CT molecular complexity index is 368. The van der Waals surface area contributed by atoms with Crippen LogP contribution in [0.15, 0.2) is 16.7 Å². The monoisotopic (exact) mass is 256 g/mol. The summed E-state index contributed by atoms with van der Waals surface area (Å²) in [6.45, 7) is 6.59. The van der Waals surface area contributed by atoms with Gasteiger partial charge in [-0.2, -0.15) is 0 Å². The molecule has 2 heterocycles. The molecule has 1 N–H and O–H groups in total. The minimum absolute atomic E-state index is 0.597. The van der Waals surface area contributed by atoms with Gasteiger partial charge in [-0.3, -0.25) is 9.11 Å². The Hall–Kier alpha value is -0.650. The molecule has 1 aliphatic heterocycles. The summed E-state index contributed by atoms with van der Waals surface area (Å²) in [5.74, 6) is 2.64. The van der Waals surface area contributed by atoms with Crippen LogP contribution in [-0.2, 0) is 23.9 Å². The number of rotatable bonds is 5. The number of hydrogen-bond donors (Lipinski definition) is 1. The van der Waals surface area contributed by atoms with Crippen LogP contribution in [0.25, 0.3) is 0 Å². The van der Waals surface area contributed by atoms with Crippen molar-refractivity contribution in [3.8, 4) is 0 Å². The molecular formula is C12H20N2O2S. The molecule has 0 bridgehead atoms. The molecule has 1 aromatic heterocycles. The van der Waals surface area contributed by atoms with Gasteiger partial charge in [0.05, 0.1) is 12.8 Å². The summed E-state index contributed by atoms with van der Waals surface area (Å²) in [6.07, 6.45) is 1.75. The Morgan fingerprint density at radius 2 is 2.24 bits per heavy atom. The number of nitrogens with zero attached hydrogens (tertiary/aromatic N) is 1. The molecule has 0 spiro atoms. The van der Waals surface area contributed by atoms with Gasteiger partial charge in [0, 0.05) is 47.5 Å². The first kappa shape index (κ1) is 12.8. The van der Waals surface area contributed by atoms with Crippen molar-refractivity contribution in [3.05, 3.63) is 23.7 Å². The first-order valence-electron chi connectivity index (χ1n) is 6.13. The van der Waals surface area contributed by atoms with Gasteiger partial charge in [0.15, 0.2) is 0 Å². The maximum absolute atomic E-state index is 11.3. The van der Waals surface area contributed by atoms with Crippen molar-refractivity contribution in [2.45, 2.75) is 20.0 Å². The highest BCUT2D eigenvalue weighted by molar-refractivity contribution is 7.85. The molecule has 0 aromatic carbocycles. The van der Waals surface area contributed by atoms with Crippen molar-refractivity contribution in [1.82, 2.24) is 10.2 Å². The van der Waals surface area contributed by atoms with Crippen LogP contribution < -0.4 is 5.32 Å². The zero-order valence-corrected chi connectivity index (χ0v) is 11.1. The highest BCUT2D eigenvalue weighted by Gasteiger charge is 2.17. The van der Waals surface area contributed by atoms with E-state index in [1.165, 1.54) is 5.56 Å². The third-order valence-electron chi connectivity index (χ3n) is 3.04. The molecule has 0 atom stereocenters. The van der Waals surface area contributed by atoms with E-state index in [4.69, 9.17) is 4.42 Å². The lowest BCUT2D eigenvalue weighted by molar-refractivity contribution is 0.288. The normalized spacial score (nSPS) is 18.6. The average molecular weight is 256 g/mol. The van der Waals surface area contributed by atoms with Crippen molar-refractivity contribution in [3.63, 3.8) is 0 Å². The fourth-order valence-corrected chi connectivity index (χ4v) is 3.10. The predicted molar refractivity (Wildman–Crippen MR) is 69.2 cm³/mol. The van der Waals surface area contributed by atoms with Gasteiger partial charge in [-0.15, -0.1) is 0 Å². The minimum atomic E-state index is -0.597. The Balaban J connectivity index is 1.89. The fraction of sp³-hybridized carbons (Fsp3) is 0.667. The lowest BCUT2D eigenvalue weighted by Gasteiger charge is -2.25. The highest BCUT2D eigenvalue weighted by atomic mass is 32.2. The second-order valence-corrected chi connectivity index (χ2v) is 5.97. The molecule has 0 aliphatic carbocycles. The summed E-state index contributed by atoms with van der Waals surface area (Å²) in [5, 5.41) is 3.27. The minimum Gasteiger partial charge on any atom is -0.468 e. The number of hydrogen-bond acceptors (Lipinski definition) is 4. The average Bonchev–Trinajstić information content (AvgIpc) is 2.77. The third kappa shape index (κ3) is 3.66. The van der Waals surface area contributed by atoms with Gasteiger partial charge in [-0.25, -0.2) is 0 Å². The van der Waals surface area contributed by atoms with Crippen molar-refractivity contribution in [2.75, 3.05) is 31.1 Å². The first-order valence-corrected chi connectivity index (χ1v) is 7.61. The van der Waals surface area contributed by atoms with E-state index in [1.54, 1.807) is 6.26 Å². The van der Waals surface area contributed by atoms with E-state index in [2.05, 4.69) is 17.1 Å². The van der Waals surface area contributed by atoms with Crippen LogP contribution >= 0.6 is 0 Å². The summed E-state index contributed by atoms with van der Waals surface area (Å²) in [4.78, 5) is 2.35. The van der Waals surface area contributed by atoms with E-state index in [0.717, 1.165) is 50.0 Å². The summed E-state index contributed by atoms with van der Waals surface area (Å²) in [7, 11) is -0.597. The molecule has 4 nitrogen and oxygen atoms in total. The van der Waals surface area contributed by atoms with E-state index >= 15 is 0 Å². The lowest BCUT2D eigenvalue weighted by Crippen LogP contribution is -2.37. The predicted octanol–water partition coefficient (Wildman–Crippen LogP) is 0.953. The van der Waals surface area contributed by atoms with Crippen molar-refractivity contribution >= 4 is 10.8 Å². The third-order valence-corrected chi connectivity index (χ3v) is 4.31. The van der Waals surface area contributed by atoms with Crippen molar-refractivity contribution < 1.29 is 8.63 Å². The Morgan fingerprint density at radius 3 is 2.94 bits per heavy atom. The van der Waals surface area contributed by atoms with Crippen LogP contribution in [0, 0.1) is 0 Å². The molecule has 0 unspecified atom stereocenters. The fourth-order valence-electron chi connectivity index (χ4n) is 1.98. The first-order chi connectivity index (χ1) is 8.29. The number of nitrogens with one attached hydrogen (secondary N) is 1. The maximum atomic E-state index is 11.3. The molecule has 1 saturated heterocycles. The molecule has 0 radical (unpaired) electrons. The van der Waals surface area contributed by atoms with Crippen LogP contribution in [0.5, 0.6) is 0 Å². The van der Waals surface area contributed by atoms with Gasteiger partial charge in [-0.05, 0) is 12.6 Å². The molecule has 0 amide bonds. The van der Waals surface area contributed by atoms with Crippen LogP contribution in [0.4, 0.5) is 0 Å². The van der Waals surface area contributed by atoms with Crippen LogP contribution in [-0.4, -0.2) is 40.2 Å². The van der Waals surface area contributed by atoms with Gasteiger partial charge in [-0.1, -0.05) is 6.92 Å². The lowest BCUT2D eigenvalue weighted by atomic mass is 10.2. The van der Waals surface area contributed by atoms with Gasteiger partial charge >= 0.3 is 0 Å². The van der Waals surface area contributed by atoms with E-state index in [-0.39, 0.29) is 0 Å². The van der Waals surface area contributed by atoms with Gasteiger partial charge < -0.3 is 9.73 Å². The molecule has 1 aromatic rings. The maximum Gasteiger partial charge on any atom is 0.122 e. The molecule has 2 rings (SSSR count). The molecule has 1 aliphatic rings.